The van der Waals surface area contributed by atoms with Gasteiger partial charge in [0.15, 0.2) is 0 Å². The van der Waals surface area contributed by atoms with E-state index in [1.807, 2.05) is 12.1 Å². The fourth-order valence-electron chi connectivity index (χ4n) is 5.09. The summed E-state index contributed by atoms with van der Waals surface area (Å²) in [6, 6.07) is 9.98. The second-order valence-electron chi connectivity index (χ2n) is 10.4. The van der Waals surface area contributed by atoms with E-state index in [0.717, 1.165) is 53.8 Å². The minimum atomic E-state index is -3.28. The standard InChI is InChI=1S/C26H32ClN7O2S/c1-26(2)16-34(12-13-37(35,36)32(3)4)23-14-18(7-8-20(23)26)31-24-19-9-11-33(15-22(19)29-17-30-24)25-21(27)6-5-10-28-25/h5-8,10,14,17H,9,11-13,15-16H2,1-4H3,(H,29,30,31). The summed E-state index contributed by atoms with van der Waals surface area (Å²) in [6.45, 7) is 6.96. The average molecular weight is 542 g/mol. The van der Waals surface area contributed by atoms with Crippen LogP contribution in [0.3, 0.4) is 0 Å². The highest BCUT2D eigenvalue weighted by atomic mass is 35.5. The normalized spacial score (nSPS) is 16.6. The molecule has 2 aromatic heterocycles. The first kappa shape index (κ1) is 25.7. The zero-order valence-corrected chi connectivity index (χ0v) is 23.1. The molecule has 9 nitrogen and oxygen atoms in total. The number of halogens is 1. The number of nitrogens with zero attached hydrogens (tertiary/aromatic N) is 6. The highest BCUT2D eigenvalue weighted by molar-refractivity contribution is 7.89. The molecule has 0 radical (unpaired) electrons. The fourth-order valence-corrected chi connectivity index (χ4v) is 6.15. The Morgan fingerprint density at radius 3 is 2.73 bits per heavy atom. The van der Waals surface area contributed by atoms with E-state index in [2.05, 4.69) is 62.1 Å². The number of benzene rings is 1. The van der Waals surface area contributed by atoms with Crippen molar-refractivity contribution in [2.75, 3.05) is 54.6 Å². The van der Waals surface area contributed by atoms with Crippen molar-refractivity contribution in [2.24, 2.45) is 0 Å². The summed E-state index contributed by atoms with van der Waals surface area (Å²) in [5, 5.41) is 4.13. The monoisotopic (exact) mass is 541 g/mol. The molecule has 3 aromatic rings. The topological polar surface area (TPSA) is 94.6 Å². The Kier molecular flexibility index (Phi) is 6.76. The third kappa shape index (κ3) is 5.10. The van der Waals surface area contributed by atoms with Crippen molar-refractivity contribution < 1.29 is 8.42 Å². The van der Waals surface area contributed by atoms with Gasteiger partial charge in [0.2, 0.25) is 10.0 Å². The summed E-state index contributed by atoms with van der Waals surface area (Å²) in [4.78, 5) is 17.9. The van der Waals surface area contributed by atoms with Crippen molar-refractivity contribution in [3.63, 3.8) is 0 Å². The summed E-state index contributed by atoms with van der Waals surface area (Å²) in [7, 11) is -0.129. The van der Waals surface area contributed by atoms with E-state index in [4.69, 9.17) is 11.6 Å². The Labute approximate surface area is 223 Å². The molecule has 0 atom stereocenters. The fraction of sp³-hybridized carbons (Fsp3) is 0.423. The van der Waals surface area contributed by atoms with Gasteiger partial charge in [-0.05, 0) is 36.2 Å². The van der Waals surface area contributed by atoms with E-state index < -0.39 is 10.0 Å². The largest absolute Gasteiger partial charge is 0.369 e. The maximum Gasteiger partial charge on any atom is 0.215 e. The lowest BCUT2D eigenvalue weighted by molar-refractivity contribution is 0.516. The van der Waals surface area contributed by atoms with E-state index in [9.17, 15) is 8.42 Å². The summed E-state index contributed by atoms with van der Waals surface area (Å²) < 4.78 is 26.1. The van der Waals surface area contributed by atoms with Gasteiger partial charge in [-0.3, -0.25) is 0 Å². The molecule has 5 rings (SSSR count). The van der Waals surface area contributed by atoms with Crippen LogP contribution in [0.15, 0.2) is 42.9 Å². The van der Waals surface area contributed by atoms with Crippen molar-refractivity contribution in [3.8, 4) is 0 Å². The molecule has 0 saturated heterocycles. The number of hydrogen-bond acceptors (Lipinski definition) is 8. The van der Waals surface area contributed by atoms with Crippen LogP contribution in [-0.4, -0.2) is 67.2 Å². The molecule has 196 valence electrons. The Morgan fingerprint density at radius 2 is 1.97 bits per heavy atom. The number of pyridine rings is 1. The molecule has 1 N–H and O–H groups in total. The first-order valence-electron chi connectivity index (χ1n) is 12.3. The van der Waals surface area contributed by atoms with Crippen molar-refractivity contribution in [3.05, 3.63) is 64.7 Å². The number of hydrogen-bond donors (Lipinski definition) is 1. The van der Waals surface area contributed by atoms with Crippen LogP contribution in [0, 0.1) is 0 Å². The van der Waals surface area contributed by atoms with E-state index in [0.29, 0.717) is 18.1 Å². The number of sulfonamides is 1. The Balaban J connectivity index is 1.38. The first-order chi connectivity index (χ1) is 17.5. The van der Waals surface area contributed by atoms with Gasteiger partial charge in [0.05, 0.1) is 23.0 Å². The molecule has 2 aliphatic rings. The molecular weight excluding hydrogens is 510 g/mol. The van der Waals surface area contributed by atoms with Gasteiger partial charge in [-0.1, -0.05) is 31.5 Å². The molecular formula is C26H32ClN7O2S. The van der Waals surface area contributed by atoms with Gasteiger partial charge in [-0.15, -0.1) is 0 Å². The van der Waals surface area contributed by atoms with Crippen LogP contribution in [0.1, 0.15) is 30.7 Å². The third-order valence-electron chi connectivity index (χ3n) is 7.14. The van der Waals surface area contributed by atoms with Gasteiger partial charge < -0.3 is 15.1 Å². The number of aromatic nitrogens is 3. The lowest BCUT2D eigenvalue weighted by Gasteiger charge is -2.30. The lowest BCUT2D eigenvalue weighted by atomic mass is 9.87. The molecule has 0 amide bonds. The van der Waals surface area contributed by atoms with Gasteiger partial charge in [0, 0.05) is 62.3 Å². The van der Waals surface area contributed by atoms with Gasteiger partial charge in [0.25, 0.3) is 0 Å². The van der Waals surface area contributed by atoms with Gasteiger partial charge in [-0.25, -0.2) is 27.7 Å². The highest BCUT2D eigenvalue weighted by Gasteiger charge is 2.35. The summed E-state index contributed by atoms with van der Waals surface area (Å²) >= 11 is 6.38. The molecule has 0 bridgehead atoms. The Bertz CT molecular complexity index is 1430. The number of nitrogens with one attached hydrogen (secondary N) is 1. The third-order valence-corrected chi connectivity index (χ3v) is 9.24. The zero-order valence-electron chi connectivity index (χ0n) is 21.6. The highest BCUT2D eigenvalue weighted by Crippen LogP contribution is 2.42. The molecule has 11 heteroatoms. The smallest absolute Gasteiger partial charge is 0.215 e. The molecule has 0 unspecified atom stereocenters. The Hall–Kier alpha value is -2.95. The van der Waals surface area contributed by atoms with Crippen LogP contribution < -0.4 is 15.1 Å². The maximum atomic E-state index is 12.4. The van der Waals surface area contributed by atoms with Crippen LogP contribution in [0.25, 0.3) is 0 Å². The molecule has 0 fully saturated rings. The van der Waals surface area contributed by atoms with E-state index in [1.165, 1.54) is 9.87 Å². The van der Waals surface area contributed by atoms with Gasteiger partial charge in [0.1, 0.15) is 18.0 Å². The van der Waals surface area contributed by atoms with Gasteiger partial charge >= 0.3 is 0 Å². The van der Waals surface area contributed by atoms with Gasteiger partial charge in [-0.2, -0.15) is 0 Å². The van der Waals surface area contributed by atoms with Crippen LogP contribution in [-0.2, 0) is 28.4 Å². The SMILES string of the molecule is CN(C)S(=O)(=O)CCN1CC(C)(C)c2ccc(Nc3ncnc4c3CCN(c3ncccc3Cl)C4)cc21. The minimum Gasteiger partial charge on any atom is -0.369 e. The van der Waals surface area contributed by atoms with Crippen molar-refractivity contribution in [1.82, 2.24) is 19.3 Å². The van der Waals surface area contributed by atoms with E-state index in [-0.39, 0.29) is 11.2 Å². The summed E-state index contributed by atoms with van der Waals surface area (Å²) in [5.74, 6) is 1.62. The molecule has 2 aliphatic heterocycles. The number of anilines is 4. The number of fused-ring (bicyclic) bond motifs is 2. The summed E-state index contributed by atoms with van der Waals surface area (Å²) in [6.07, 6.45) is 4.09. The minimum absolute atomic E-state index is 0.0694. The Morgan fingerprint density at radius 1 is 1.16 bits per heavy atom. The second kappa shape index (κ2) is 9.74. The maximum absolute atomic E-state index is 12.4. The molecule has 1 aromatic carbocycles. The van der Waals surface area contributed by atoms with Crippen molar-refractivity contribution in [1.29, 1.82) is 0 Å². The molecule has 4 heterocycles. The van der Waals surface area contributed by atoms with Crippen LogP contribution >= 0.6 is 11.6 Å². The quantitative estimate of drug-likeness (QED) is 0.482. The number of rotatable bonds is 7. The van der Waals surface area contributed by atoms with Crippen LogP contribution in [0.4, 0.5) is 23.0 Å². The predicted octanol–water partition coefficient (Wildman–Crippen LogP) is 3.82. The van der Waals surface area contributed by atoms with Crippen molar-refractivity contribution in [2.45, 2.75) is 32.2 Å². The van der Waals surface area contributed by atoms with Crippen LogP contribution in [0.5, 0.6) is 0 Å². The molecule has 0 saturated carbocycles. The summed E-state index contributed by atoms with van der Waals surface area (Å²) in [5.41, 5.74) is 5.15. The molecule has 0 spiro atoms. The zero-order chi connectivity index (χ0) is 26.4. The first-order valence-corrected chi connectivity index (χ1v) is 14.3. The predicted molar refractivity (Wildman–Crippen MR) is 148 cm³/mol. The van der Waals surface area contributed by atoms with E-state index in [1.54, 1.807) is 26.6 Å². The second-order valence-corrected chi connectivity index (χ2v) is 13.1. The lowest BCUT2D eigenvalue weighted by Crippen LogP contribution is -2.35. The van der Waals surface area contributed by atoms with Crippen molar-refractivity contribution >= 4 is 44.6 Å². The van der Waals surface area contributed by atoms with E-state index >= 15 is 0 Å². The molecule has 37 heavy (non-hydrogen) atoms. The average Bonchev–Trinajstić information content (AvgIpc) is 3.12. The van der Waals surface area contributed by atoms with Crippen LogP contribution in [0.2, 0.25) is 5.02 Å². The molecule has 0 aliphatic carbocycles.